The maximum atomic E-state index is 12.7. The van der Waals surface area contributed by atoms with Gasteiger partial charge < -0.3 is 9.64 Å². The molecule has 1 N–H and O–H groups in total. The summed E-state index contributed by atoms with van der Waals surface area (Å²) in [7, 11) is -3.54. The topological polar surface area (TPSA) is 79.0 Å². The molecule has 1 unspecified atom stereocenters. The van der Waals surface area contributed by atoms with Crippen LogP contribution in [0.5, 0.6) is 0 Å². The van der Waals surface area contributed by atoms with Crippen LogP contribution in [0, 0.1) is 0 Å². The number of nitrogens with zero attached hydrogens (tertiary/aromatic N) is 2. The molecule has 0 spiro atoms. The van der Waals surface area contributed by atoms with Gasteiger partial charge in [-0.2, -0.15) is 0 Å². The average molecular weight is 396 g/mol. The normalized spacial score (nSPS) is 21.7. The smallest absolute Gasteiger partial charge is 0.253 e. The standard InChI is InChI=1S/C19H29N3O4S/c1-15(2)20-27(24,25)18-7-5-16(6-8-18)19(23)22-11-9-21(10-12-22)14-17-4-3-13-26-17/h5-8,15,17,20H,3-4,9-14H2,1-2H3. The second-order valence-corrected chi connectivity index (χ2v) is 9.24. The molecular formula is C19H29N3O4S. The number of carbonyl (C=O) groups excluding carboxylic acids is 1. The van der Waals surface area contributed by atoms with Gasteiger partial charge in [0.2, 0.25) is 10.0 Å². The molecule has 150 valence electrons. The maximum Gasteiger partial charge on any atom is 0.253 e. The number of rotatable bonds is 6. The van der Waals surface area contributed by atoms with Gasteiger partial charge in [-0.25, -0.2) is 13.1 Å². The largest absolute Gasteiger partial charge is 0.377 e. The molecule has 2 fully saturated rings. The predicted molar refractivity (Wildman–Crippen MR) is 103 cm³/mol. The zero-order valence-corrected chi connectivity index (χ0v) is 16.9. The SMILES string of the molecule is CC(C)NS(=O)(=O)c1ccc(C(=O)N2CCN(CC3CCCO3)CC2)cc1. The Kier molecular flexibility index (Phi) is 6.52. The minimum absolute atomic E-state index is 0.0486. The number of nitrogens with one attached hydrogen (secondary N) is 1. The molecule has 27 heavy (non-hydrogen) atoms. The van der Waals surface area contributed by atoms with Gasteiger partial charge >= 0.3 is 0 Å². The van der Waals surface area contributed by atoms with Gasteiger partial charge in [0.25, 0.3) is 5.91 Å². The Morgan fingerprint density at radius 2 is 1.85 bits per heavy atom. The summed E-state index contributed by atoms with van der Waals surface area (Å²) >= 11 is 0. The minimum atomic E-state index is -3.54. The van der Waals surface area contributed by atoms with Gasteiger partial charge in [0.1, 0.15) is 0 Å². The summed E-state index contributed by atoms with van der Waals surface area (Å²) in [5.74, 6) is -0.0486. The van der Waals surface area contributed by atoms with E-state index in [9.17, 15) is 13.2 Å². The first-order valence-corrected chi connectivity index (χ1v) is 11.1. The molecular weight excluding hydrogens is 366 g/mol. The van der Waals surface area contributed by atoms with Crippen molar-refractivity contribution in [1.29, 1.82) is 0 Å². The summed E-state index contributed by atoms with van der Waals surface area (Å²) in [6.07, 6.45) is 2.60. The molecule has 1 amide bonds. The van der Waals surface area contributed by atoms with E-state index in [2.05, 4.69) is 9.62 Å². The van der Waals surface area contributed by atoms with E-state index < -0.39 is 10.0 Å². The van der Waals surface area contributed by atoms with E-state index in [1.54, 1.807) is 26.0 Å². The highest BCUT2D eigenvalue weighted by Gasteiger charge is 2.25. The molecule has 1 aromatic rings. The van der Waals surface area contributed by atoms with E-state index in [0.717, 1.165) is 39.1 Å². The molecule has 0 radical (unpaired) electrons. The highest BCUT2D eigenvalue weighted by Crippen LogP contribution is 2.16. The van der Waals surface area contributed by atoms with Gasteiger partial charge in [-0.15, -0.1) is 0 Å². The summed E-state index contributed by atoms with van der Waals surface area (Å²) in [6, 6.07) is 5.99. The molecule has 0 saturated carbocycles. The average Bonchev–Trinajstić information content (AvgIpc) is 3.14. The Hall–Kier alpha value is -1.48. The van der Waals surface area contributed by atoms with Gasteiger partial charge in [-0.3, -0.25) is 9.69 Å². The van der Waals surface area contributed by atoms with Crippen molar-refractivity contribution in [3.63, 3.8) is 0 Å². The third kappa shape index (κ3) is 5.28. The fraction of sp³-hybridized carbons (Fsp3) is 0.632. The number of carbonyl (C=O) groups is 1. The van der Waals surface area contributed by atoms with E-state index >= 15 is 0 Å². The van der Waals surface area contributed by atoms with E-state index in [1.807, 2.05) is 4.90 Å². The van der Waals surface area contributed by atoms with Crippen molar-refractivity contribution in [3.05, 3.63) is 29.8 Å². The lowest BCUT2D eigenvalue weighted by Gasteiger charge is -2.35. The number of sulfonamides is 1. The molecule has 2 heterocycles. The van der Waals surface area contributed by atoms with Crippen molar-refractivity contribution >= 4 is 15.9 Å². The molecule has 2 saturated heterocycles. The van der Waals surface area contributed by atoms with Gasteiger partial charge in [-0.05, 0) is 51.0 Å². The third-order valence-electron chi connectivity index (χ3n) is 4.95. The molecule has 8 heteroatoms. The Morgan fingerprint density at radius 3 is 2.41 bits per heavy atom. The number of ether oxygens (including phenoxy) is 1. The van der Waals surface area contributed by atoms with Crippen molar-refractivity contribution in [2.24, 2.45) is 0 Å². The molecule has 7 nitrogen and oxygen atoms in total. The first-order chi connectivity index (χ1) is 12.8. The van der Waals surface area contributed by atoms with E-state index in [1.165, 1.54) is 12.1 Å². The van der Waals surface area contributed by atoms with Gasteiger partial charge in [0, 0.05) is 50.9 Å². The zero-order chi connectivity index (χ0) is 19.4. The molecule has 0 aliphatic carbocycles. The van der Waals surface area contributed by atoms with Gasteiger partial charge in [-0.1, -0.05) is 0 Å². The van der Waals surface area contributed by atoms with Gasteiger partial charge in [0.05, 0.1) is 11.0 Å². The number of benzene rings is 1. The van der Waals surface area contributed by atoms with Crippen molar-refractivity contribution in [3.8, 4) is 0 Å². The third-order valence-corrected chi connectivity index (χ3v) is 6.62. The molecule has 0 bridgehead atoms. The fourth-order valence-electron chi connectivity index (χ4n) is 3.55. The lowest BCUT2D eigenvalue weighted by Crippen LogP contribution is -2.50. The molecule has 1 aromatic carbocycles. The van der Waals surface area contributed by atoms with E-state index in [0.29, 0.717) is 24.8 Å². The van der Waals surface area contributed by atoms with Crippen LogP contribution in [0.15, 0.2) is 29.2 Å². The van der Waals surface area contributed by atoms with Crippen LogP contribution < -0.4 is 4.72 Å². The van der Waals surface area contributed by atoms with E-state index in [4.69, 9.17) is 4.74 Å². The molecule has 2 aliphatic rings. The van der Waals surface area contributed by atoms with Crippen LogP contribution in [0.1, 0.15) is 37.0 Å². The summed E-state index contributed by atoms with van der Waals surface area (Å²) in [6.45, 7) is 8.40. The van der Waals surface area contributed by atoms with Crippen LogP contribution in [0.2, 0.25) is 0 Å². The quantitative estimate of drug-likeness (QED) is 0.786. The minimum Gasteiger partial charge on any atom is -0.377 e. The van der Waals surface area contributed by atoms with Crippen molar-refractivity contribution in [2.75, 3.05) is 39.3 Å². The highest BCUT2D eigenvalue weighted by molar-refractivity contribution is 7.89. The van der Waals surface area contributed by atoms with Crippen molar-refractivity contribution in [2.45, 2.75) is 43.7 Å². The highest BCUT2D eigenvalue weighted by atomic mass is 32.2. The molecule has 2 aliphatic heterocycles. The number of hydrogen-bond acceptors (Lipinski definition) is 5. The predicted octanol–water partition coefficient (Wildman–Crippen LogP) is 1.31. The Balaban J connectivity index is 1.55. The van der Waals surface area contributed by atoms with Crippen LogP contribution in [0.3, 0.4) is 0 Å². The van der Waals surface area contributed by atoms with Crippen LogP contribution in [-0.4, -0.2) is 75.6 Å². The maximum absolute atomic E-state index is 12.7. The van der Waals surface area contributed by atoms with Crippen LogP contribution in [0.25, 0.3) is 0 Å². The summed E-state index contributed by atoms with van der Waals surface area (Å²) < 4.78 is 32.6. The van der Waals surface area contributed by atoms with E-state index in [-0.39, 0.29) is 16.8 Å². The summed E-state index contributed by atoms with van der Waals surface area (Å²) in [5.41, 5.74) is 0.520. The molecule has 1 atom stereocenters. The van der Waals surface area contributed by atoms with Crippen LogP contribution >= 0.6 is 0 Å². The fourth-order valence-corrected chi connectivity index (χ4v) is 4.80. The second kappa shape index (κ2) is 8.68. The molecule has 0 aromatic heterocycles. The Morgan fingerprint density at radius 1 is 1.19 bits per heavy atom. The zero-order valence-electron chi connectivity index (χ0n) is 16.1. The number of hydrogen-bond donors (Lipinski definition) is 1. The number of amides is 1. The monoisotopic (exact) mass is 395 g/mol. The lowest BCUT2D eigenvalue weighted by atomic mass is 10.1. The summed E-state index contributed by atoms with van der Waals surface area (Å²) in [4.78, 5) is 17.1. The lowest BCUT2D eigenvalue weighted by molar-refractivity contribution is 0.0432. The Bertz CT molecular complexity index is 735. The first-order valence-electron chi connectivity index (χ1n) is 9.61. The van der Waals surface area contributed by atoms with Crippen LogP contribution in [-0.2, 0) is 14.8 Å². The summed E-state index contributed by atoms with van der Waals surface area (Å²) in [5, 5.41) is 0. The molecule has 3 rings (SSSR count). The van der Waals surface area contributed by atoms with Crippen LogP contribution in [0.4, 0.5) is 0 Å². The first kappa shape index (κ1) is 20.3. The van der Waals surface area contributed by atoms with Crippen molar-refractivity contribution < 1.29 is 17.9 Å². The number of piperazine rings is 1. The second-order valence-electron chi connectivity index (χ2n) is 7.53. The van der Waals surface area contributed by atoms with Gasteiger partial charge in [0.15, 0.2) is 0 Å². The van der Waals surface area contributed by atoms with Crippen molar-refractivity contribution in [1.82, 2.24) is 14.5 Å². The Labute approximate surface area is 161 Å².